The Kier molecular flexibility index (Phi) is 4.50. The van der Waals surface area contributed by atoms with Gasteiger partial charge in [-0.1, -0.05) is 36.8 Å². The SMILES string of the molecule is CN1C[C@]2(CC[C@@](c3ccccc3)(N(C)C)CC2)N(CC2CCC2)C1=O. The summed E-state index contributed by atoms with van der Waals surface area (Å²) in [5, 5.41) is 0. The zero-order valence-electron chi connectivity index (χ0n) is 16.6. The molecule has 1 aliphatic heterocycles. The Balaban J connectivity index is 1.57. The molecular weight excluding hydrogens is 322 g/mol. The molecule has 0 aromatic heterocycles. The number of rotatable bonds is 4. The Morgan fingerprint density at radius 3 is 2.27 bits per heavy atom. The average Bonchev–Trinajstić information content (AvgIpc) is 2.83. The maximum atomic E-state index is 12.9. The summed E-state index contributed by atoms with van der Waals surface area (Å²) in [7, 11) is 6.40. The summed E-state index contributed by atoms with van der Waals surface area (Å²) in [5.41, 5.74) is 1.57. The molecule has 2 aliphatic carbocycles. The fraction of sp³-hybridized carbons (Fsp3) is 0.682. The third-order valence-corrected chi connectivity index (χ3v) is 7.50. The lowest BCUT2D eigenvalue weighted by atomic mass is 9.68. The number of urea groups is 1. The van der Waals surface area contributed by atoms with Gasteiger partial charge in [0.1, 0.15) is 0 Å². The second-order valence-corrected chi connectivity index (χ2v) is 9.06. The van der Waals surface area contributed by atoms with Crippen molar-refractivity contribution in [2.24, 2.45) is 5.92 Å². The molecule has 1 aromatic carbocycles. The summed E-state index contributed by atoms with van der Waals surface area (Å²) in [6, 6.07) is 11.2. The largest absolute Gasteiger partial charge is 0.325 e. The van der Waals surface area contributed by atoms with Crippen LogP contribution in [0.3, 0.4) is 0 Å². The van der Waals surface area contributed by atoms with E-state index in [1.165, 1.54) is 24.8 Å². The molecule has 3 fully saturated rings. The van der Waals surface area contributed by atoms with Gasteiger partial charge in [-0.05, 0) is 64.1 Å². The van der Waals surface area contributed by atoms with Crippen molar-refractivity contribution >= 4 is 6.03 Å². The number of likely N-dealkylation sites (N-methyl/N-ethyl adjacent to an activating group) is 1. The molecule has 4 heteroatoms. The fourth-order valence-corrected chi connectivity index (χ4v) is 5.51. The van der Waals surface area contributed by atoms with Crippen LogP contribution in [0.25, 0.3) is 0 Å². The summed E-state index contributed by atoms with van der Waals surface area (Å²) >= 11 is 0. The number of carbonyl (C=O) groups is 1. The van der Waals surface area contributed by atoms with E-state index in [-0.39, 0.29) is 17.1 Å². The minimum Gasteiger partial charge on any atom is -0.325 e. The van der Waals surface area contributed by atoms with Crippen LogP contribution in [0.2, 0.25) is 0 Å². The summed E-state index contributed by atoms with van der Waals surface area (Å²) in [6.45, 7) is 1.88. The lowest BCUT2D eigenvalue weighted by Gasteiger charge is -2.51. The zero-order valence-corrected chi connectivity index (χ0v) is 16.6. The molecule has 1 aromatic rings. The van der Waals surface area contributed by atoms with Gasteiger partial charge in [-0.25, -0.2) is 4.79 Å². The van der Waals surface area contributed by atoms with Gasteiger partial charge in [0.2, 0.25) is 0 Å². The third-order valence-electron chi connectivity index (χ3n) is 7.50. The van der Waals surface area contributed by atoms with Gasteiger partial charge in [0.05, 0.1) is 5.54 Å². The maximum absolute atomic E-state index is 12.9. The normalized spacial score (nSPS) is 32.5. The summed E-state index contributed by atoms with van der Waals surface area (Å²) in [4.78, 5) is 19.5. The van der Waals surface area contributed by atoms with Crippen LogP contribution >= 0.6 is 0 Å². The molecule has 2 saturated carbocycles. The molecule has 0 N–H and O–H groups in total. The van der Waals surface area contributed by atoms with Crippen LogP contribution < -0.4 is 0 Å². The molecule has 142 valence electrons. The van der Waals surface area contributed by atoms with Crippen LogP contribution in [0.15, 0.2) is 30.3 Å². The van der Waals surface area contributed by atoms with Crippen LogP contribution in [-0.2, 0) is 5.54 Å². The highest BCUT2D eigenvalue weighted by molar-refractivity contribution is 5.78. The van der Waals surface area contributed by atoms with Crippen LogP contribution in [0, 0.1) is 5.92 Å². The topological polar surface area (TPSA) is 26.8 Å². The van der Waals surface area contributed by atoms with Crippen molar-refractivity contribution in [2.75, 3.05) is 34.2 Å². The first kappa shape index (κ1) is 17.8. The highest BCUT2D eigenvalue weighted by Crippen LogP contribution is 2.49. The summed E-state index contributed by atoms with van der Waals surface area (Å²) in [6.07, 6.45) is 8.38. The van der Waals surface area contributed by atoms with Gasteiger partial charge in [0.25, 0.3) is 0 Å². The van der Waals surface area contributed by atoms with Crippen molar-refractivity contribution < 1.29 is 4.79 Å². The van der Waals surface area contributed by atoms with Gasteiger partial charge < -0.3 is 9.80 Å². The lowest BCUT2D eigenvalue weighted by Crippen LogP contribution is -2.56. The maximum Gasteiger partial charge on any atom is 0.320 e. The molecule has 0 unspecified atom stereocenters. The van der Waals surface area contributed by atoms with Gasteiger partial charge >= 0.3 is 6.03 Å². The van der Waals surface area contributed by atoms with Gasteiger partial charge in [0, 0.05) is 25.7 Å². The van der Waals surface area contributed by atoms with Crippen molar-refractivity contribution in [3.05, 3.63) is 35.9 Å². The van der Waals surface area contributed by atoms with Crippen molar-refractivity contribution in [3.63, 3.8) is 0 Å². The number of carbonyl (C=O) groups excluding carboxylic acids is 1. The Hall–Kier alpha value is -1.55. The second-order valence-electron chi connectivity index (χ2n) is 9.06. The first-order chi connectivity index (χ1) is 12.5. The van der Waals surface area contributed by atoms with Crippen LogP contribution in [-0.4, -0.2) is 60.5 Å². The molecule has 3 aliphatic rings. The quantitative estimate of drug-likeness (QED) is 0.818. The lowest BCUT2D eigenvalue weighted by molar-refractivity contribution is 0.0162. The van der Waals surface area contributed by atoms with Gasteiger partial charge in [-0.2, -0.15) is 0 Å². The van der Waals surface area contributed by atoms with E-state index in [4.69, 9.17) is 0 Å². The minimum atomic E-state index is 0.0513. The van der Waals surface area contributed by atoms with E-state index in [9.17, 15) is 4.79 Å². The zero-order chi connectivity index (χ0) is 18.4. The molecule has 2 amide bonds. The van der Waals surface area contributed by atoms with Crippen LogP contribution in [0.4, 0.5) is 4.79 Å². The van der Waals surface area contributed by atoms with E-state index in [2.05, 4.69) is 54.2 Å². The van der Waals surface area contributed by atoms with E-state index in [0.29, 0.717) is 0 Å². The third kappa shape index (κ3) is 2.74. The Bertz CT molecular complexity index is 645. The van der Waals surface area contributed by atoms with Crippen LogP contribution in [0.1, 0.15) is 50.5 Å². The predicted molar refractivity (Wildman–Crippen MR) is 105 cm³/mol. The van der Waals surface area contributed by atoms with E-state index in [1.807, 2.05) is 11.9 Å². The smallest absolute Gasteiger partial charge is 0.320 e. The molecule has 0 radical (unpaired) electrons. The van der Waals surface area contributed by atoms with Gasteiger partial charge in [0.15, 0.2) is 0 Å². The van der Waals surface area contributed by atoms with E-state index < -0.39 is 0 Å². The Morgan fingerprint density at radius 1 is 1.08 bits per heavy atom. The molecule has 0 bridgehead atoms. The Morgan fingerprint density at radius 2 is 1.73 bits per heavy atom. The average molecular weight is 356 g/mol. The number of benzene rings is 1. The molecule has 1 heterocycles. The number of hydrogen-bond donors (Lipinski definition) is 0. The second kappa shape index (κ2) is 6.56. The number of amides is 2. The number of hydrogen-bond acceptors (Lipinski definition) is 2. The van der Waals surface area contributed by atoms with Crippen molar-refractivity contribution in [1.29, 1.82) is 0 Å². The fourth-order valence-electron chi connectivity index (χ4n) is 5.51. The minimum absolute atomic E-state index is 0.0513. The first-order valence-corrected chi connectivity index (χ1v) is 10.2. The van der Waals surface area contributed by atoms with E-state index in [0.717, 1.165) is 44.7 Å². The molecular formula is C22H33N3O. The van der Waals surface area contributed by atoms with E-state index >= 15 is 0 Å². The first-order valence-electron chi connectivity index (χ1n) is 10.2. The van der Waals surface area contributed by atoms with Gasteiger partial charge in [-0.3, -0.25) is 4.90 Å². The van der Waals surface area contributed by atoms with Crippen molar-refractivity contribution in [3.8, 4) is 0 Å². The molecule has 1 spiro atoms. The molecule has 1 saturated heterocycles. The van der Waals surface area contributed by atoms with E-state index in [1.54, 1.807) is 0 Å². The highest BCUT2D eigenvalue weighted by atomic mass is 16.2. The molecule has 0 atom stereocenters. The predicted octanol–water partition coefficient (Wildman–Crippen LogP) is 3.92. The Labute approximate surface area is 158 Å². The molecule has 4 nitrogen and oxygen atoms in total. The summed E-state index contributed by atoms with van der Waals surface area (Å²) < 4.78 is 0. The van der Waals surface area contributed by atoms with Crippen molar-refractivity contribution in [2.45, 2.75) is 56.0 Å². The molecule has 26 heavy (non-hydrogen) atoms. The van der Waals surface area contributed by atoms with Gasteiger partial charge in [-0.15, -0.1) is 0 Å². The standard InChI is InChI=1S/C22H33N3O/c1-23(2)22(19-10-5-4-6-11-19)14-12-21(13-15-22)17-24(3)20(26)25(21)16-18-8-7-9-18/h4-6,10-11,18H,7-9,12-17H2,1-3H3/t21-,22-. The monoisotopic (exact) mass is 355 g/mol. The van der Waals surface area contributed by atoms with Crippen molar-refractivity contribution in [1.82, 2.24) is 14.7 Å². The summed E-state index contributed by atoms with van der Waals surface area (Å²) in [5.74, 6) is 0.733. The number of nitrogens with zero attached hydrogens (tertiary/aromatic N) is 3. The van der Waals surface area contributed by atoms with Crippen LogP contribution in [0.5, 0.6) is 0 Å². The highest BCUT2D eigenvalue weighted by Gasteiger charge is 2.54. The molecule has 4 rings (SSSR count).